The third-order valence-electron chi connectivity index (χ3n) is 0.762. The van der Waals surface area contributed by atoms with Crippen LogP contribution in [0.2, 0.25) is 0 Å². The molecule has 0 radical (unpaired) electrons. The number of hydrogen-bond donors (Lipinski definition) is 2. The summed E-state index contributed by atoms with van der Waals surface area (Å²) in [4.78, 5) is 0. The molecular formula is C6H16N2. The molecule has 1 fully saturated rings. The average molecular weight is 116 g/mol. The SMILES string of the molecule is C1CC1.NCCCN. The minimum atomic E-state index is 0.719. The van der Waals surface area contributed by atoms with Gasteiger partial charge < -0.3 is 11.5 Å². The monoisotopic (exact) mass is 116 g/mol. The summed E-state index contributed by atoms with van der Waals surface area (Å²) >= 11 is 0. The van der Waals surface area contributed by atoms with E-state index in [0.717, 1.165) is 19.5 Å². The van der Waals surface area contributed by atoms with Crippen molar-refractivity contribution in [2.75, 3.05) is 13.1 Å². The first kappa shape index (κ1) is 7.92. The lowest BCUT2D eigenvalue weighted by atomic mass is 10.4. The second kappa shape index (κ2) is 6.92. The molecule has 0 aliphatic heterocycles. The Balaban J connectivity index is 0.000000135. The lowest BCUT2D eigenvalue weighted by Crippen LogP contribution is -2.06. The lowest BCUT2D eigenvalue weighted by molar-refractivity contribution is 0.844. The van der Waals surface area contributed by atoms with Crippen molar-refractivity contribution in [3.05, 3.63) is 0 Å². The van der Waals surface area contributed by atoms with Gasteiger partial charge in [0.15, 0.2) is 0 Å². The zero-order valence-corrected chi connectivity index (χ0v) is 5.40. The van der Waals surface area contributed by atoms with Gasteiger partial charge in [-0.05, 0) is 19.5 Å². The van der Waals surface area contributed by atoms with Crippen LogP contribution in [0.25, 0.3) is 0 Å². The average Bonchev–Trinajstić information content (AvgIpc) is 2.50. The molecule has 50 valence electrons. The van der Waals surface area contributed by atoms with E-state index >= 15 is 0 Å². The van der Waals surface area contributed by atoms with Gasteiger partial charge in [0.25, 0.3) is 0 Å². The molecule has 0 amide bonds. The molecular weight excluding hydrogens is 100 g/mol. The van der Waals surface area contributed by atoms with Crippen molar-refractivity contribution >= 4 is 0 Å². The molecule has 1 aliphatic rings. The zero-order chi connectivity index (χ0) is 6.24. The van der Waals surface area contributed by atoms with Crippen LogP contribution in [-0.4, -0.2) is 13.1 Å². The van der Waals surface area contributed by atoms with Crippen molar-refractivity contribution in [3.63, 3.8) is 0 Å². The molecule has 8 heavy (non-hydrogen) atoms. The van der Waals surface area contributed by atoms with E-state index in [1.807, 2.05) is 0 Å². The van der Waals surface area contributed by atoms with Crippen LogP contribution in [0.1, 0.15) is 25.7 Å². The van der Waals surface area contributed by atoms with Crippen molar-refractivity contribution in [3.8, 4) is 0 Å². The molecule has 2 heteroatoms. The fraction of sp³-hybridized carbons (Fsp3) is 1.00. The highest BCUT2D eigenvalue weighted by Crippen LogP contribution is 2.14. The van der Waals surface area contributed by atoms with Crippen LogP contribution in [0.3, 0.4) is 0 Å². The van der Waals surface area contributed by atoms with Crippen LogP contribution >= 0.6 is 0 Å². The van der Waals surface area contributed by atoms with Gasteiger partial charge in [0.2, 0.25) is 0 Å². The van der Waals surface area contributed by atoms with E-state index in [1.54, 1.807) is 0 Å². The highest BCUT2D eigenvalue weighted by molar-refractivity contribution is 4.50. The molecule has 0 heterocycles. The van der Waals surface area contributed by atoms with Crippen LogP contribution in [0.15, 0.2) is 0 Å². The van der Waals surface area contributed by atoms with Gasteiger partial charge in [-0.3, -0.25) is 0 Å². The van der Waals surface area contributed by atoms with Gasteiger partial charge in [-0.15, -0.1) is 0 Å². The second-order valence-corrected chi connectivity index (χ2v) is 1.99. The van der Waals surface area contributed by atoms with E-state index in [-0.39, 0.29) is 0 Å². The van der Waals surface area contributed by atoms with E-state index in [1.165, 1.54) is 19.3 Å². The third-order valence-corrected chi connectivity index (χ3v) is 0.762. The summed E-state index contributed by atoms with van der Waals surface area (Å²) in [7, 11) is 0. The van der Waals surface area contributed by atoms with Crippen LogP contribution in [0.5, 0.6) is 0 Å². The van der Waals surface area contributed by atoms with Gasteiger partial charge in [0.1, 0.15) is 0 Å². The fourth-order valence-electron chi connectivity index (χ4n) is 0.118. The molecule has 0 spiro atoms. The molecule has 0 aromatic carbocycles. The summed E-state index contributed by atoms with van der Waals surface area (Å²) in [6, 6.07) is 0. The Kier molecular flexibility index (Phi) is 6.85. The Labute approximate surface area is 51.2 Å². The summed E-state index contributed by atoms with van der Waals surface area (Å²) in [6.45, 7) is 1.44. The summed E-state index contributed by atoms with van der Waals surface area (Å²) < 4.78 is 0. The van der Waals surface area contributed by atoms with Crippen LogP contribution in [0.4, 0.5) is 0 Å². The second-order valence-electron chi connectivity index (χ2n) is 1.99. The number of hydrogen-bond acceptors (Lipinski definition) is 2. The van der Waals surface area contributed by atoms with E-state index in [2.05, 4.69) is 0 Å². The quantitative estimate of drug-likeness (QED) is 0.551. The highest BCUT2D eigenvalue weighted by atomic mass is 14.6. The summed E-state index contributed by atoms with van der Waals surface area (Å²) in [6.07, 6.45) is 5.44. The van der Waals surface area contributed by atoms with E-state index in [0.29, 0.717) is 0 Å². The van der Waals surface area contributed by atoms with Crippen LogP contribution < -0.4 is 11.5 Å². The first-order valence-corrected chi connectivity index (χ1v) is 3.32. The Morgan fingerprint density at radius 1 is 0.875 bits per heavy atom. The van der Waals surface area contributed by atoms with Gasteiger partial charge in [0.05, 0.1) is 0 Å². The van der Waals surface area contributed by atoms with Crippen molar-refractivity contribution in [1.29, 1.82) is 0 Å². The van der Waals surface area contributed by atoms with E-state index < -0.39 is 0 Å². The van der Waals surface area contributed by atoms with Crippen molar-refractivity contribution < 1.29 is 0 Å². The van der Waals surface area contributed by atoms with Crippen LogP contribution in [-0.2, 0) is 0 Å². The molecule has 0 atom stereocenters. The number of nitrogens with two attached hydrogens (primary N) is 2. The minimum absolute atomic E-state index is 0.719. The molecule has 4 N–H and O–H groups in total. The van der Waals surface area contributed by atoms with Crippen molar-refractivity contribution in [2.24, 2.45) is 11.5 Å². The van der Waals surface area contributed by atoms with Gasteiger partial charge in [-0.25, -0.2) is 0 Å². The molecule has 0 aromatic rings. The lowest BCUT2D eigenvalue weighted by Gasteiger charge is -1.81. The molecule has 1 aliphatic carbocycles. The molecule has 0 bridgehead atoms. The number of rotatable bonds is 2. The minimum Gasteiger partial charge on any atom is -0.330 e. The first-order valence-electron chi connectivity index (χ1n) is 3.32. The molecule has 2 nitrogen and oxygen atoms in total. The third kappa shape index (κ3) is 16.8. The van der Waals surface area contributed by atoms with E-state index in [4.69, 9.17) is 11.5 Å². The van der Waals surface area contributed by atoms with Crippen molar-refractivity contribution in [2.45, 2.75) is 25.7 Å². The van der Waals surface area contributed by atoms with Gasteiger partial charge >= 0.3 is 0 Å². The van der Waals surface area contributed by atoms with Crippen LogP contribution in [0, 0.1) is 0 Å². The predicted octanol–water partition coefficient (Wildman–Crippen LogP) is 0.464. The van der Waals surface area contributed by atoms with Crippen molar-refractivity contribution in [1.82, 2.24) is 0 Å². The maximum absolute atomic E-state index is 5.06. The topological polar surface area (TPSA) is 52.0 Å². The van der Waals surface area contributed by atoms with Gasteiger partial charge in [0, 0.05) is 0 Å². The molecule has 1 saturated carbocycles. The Morgan fingerprint density at radius 3 is 1.25 bits per heavy atom. The smallest absolute Gasteiger partial charge is 0.00653 e. The molecule has 0 unspecified atom stereocenters. The summed E-state index contributed by atoms with van der Waals surface area (Å²) in [5, 5.41) is 0. The normalized spacial score (nSPS) is 14.2. The van der Waals surface area contributed by atoms with Gasteiger partial charge in [-0.1, -0.05) is 19.3 Å². The largest absolute Gasteiger partial charge is 0.330 e. The molecule has 0 aromatic heterocycles. The Bertz CT molecular complexity index is 30.8. The molecule has 0 saturated heterocycles. The maximum atomic E-state index is 5.06. The maximum Gasteiger partial charge on any atom is -0.00653 e. The summed E-state index contributed by atoms with van der Waals surface area (Å²) in [5.41, 5.74) is 10.1. The highest BCUT2D eigenvalue weighted by Gasteiger charge is 1.95. The summed E-state index contributed by atoms with van der Waals surface area (Å²) in [5.74, 6) is 0. The van der Waals surface area contributed by atoms with E-state index in [9.17, 15) is 0 Å². The zero-order valence-electron chi connectivity index (χ0n) is 5.40. The standard InChI is InChI=1S/C3H10N2.C3H6/c4-2-1-3-5;1-2-3-1/h1-5H2;1-3H2. The Morgan fingerprint density at radius 2 is 1.25 bits per heavy atom. The first-order chi connectivity index (χ1) is 3.91. The predicted molar refractivity (Wildman–Crippen MR) is 36.6 cm³/mol. The Hall–Kier alpha value is -0.0800. The molecule has 1 rings (SSSR count). The fourth-order valence-corrected chi connectivity index (χ4v) is 0.118. The van der Waals surface area contributed by atoms with Gasteiger partial charge in [-0.2, -0.15) is 0 Å².